The summed E-state index contributed by atoms with van der Waals surface area (Å²) in [6.45, 7) is 0. The molecule has 6 nitrogen and oxygen atoms in total. The van der Waals surface area contributed by atoms with Gasteiger partial charge in [0.05, 0.1) is 4.88 Å². The van der Waals surface area contributed by atoms with Gasteiger partial charge in [-0.25, -0.2) is 0 Å². The van der Waals surface area contributed by atoms with Gasteiger partial charge in [-0.2, -0.15) is 0 Å². The van der Waals surface area contributed by atoms with E-state index in [4.69, 9.17) is 15.3 Å². The highest BCUT2D eigenvalue weighted by Crippen LogP contribution is 2.26. The lowest BCUT2D eigenvalue weighted by molar-refractivity contribution is -0.137. The van der Waals surface area contributed by atoms with Gasteiger partial charge < -0.3 is 15.3 Å². The number of thioether (sulfide) groups is 1. The molecule has 0 saturated heterocycles. The molecule has 17 heavy (non-hydrogen) atoms. The highest BCUT2D eigenvalue weighted by atomic mass is 32.2. The molecular weight excluding hydrogens is 262 g/mol. The van der Waals surface area contributed by atoms with Crippen molar-refractivity contribution in [3.05, 3.63) is 17.5 Å². The number of carbonyl (C=O) groups is 1. The Balaban J connectivity index is 1.97. The van der Waals surface area contributed by atoms with Crippen molar-refractivity contribution in [2.75, 3.05) is 5.75 Å². The summed E-state index contributed by atoms with van der Waals surface area (Å²) in [7, 11) is 0. The Bertz CT molecular complexity index is 497. The van der Waals surface area contributed by atoms with Gasteiger partial charge in [-0.1, -0.05) is 17.8 Å². The number of rotatable bonds is 5. The average Bonchev–Trinajstić information content (AvgIpc) is 2.95. The van der Waals surface area contributed by atoms with Crippen LogP contribution < -0.4 is 5.73 Å². The average molecular weight is 271 g/mol. The van der Waals surface area contributed by atoms with Gasteiger partial charge in [0, 0.05) is 5.75 Å². The second-order valence-electron chi connectivity index (χ2n) is 3.11. The Kier molecular flexibility index (Phi) is 3.77. The van der Waals surface area contributed by atoms with Crippen LogP contribution in [-0.2, 0) is 4.79 Å². The largest absolute Gasteiger partial charge is 0.480 e. The zero-order valence-electron chi connectivity index (χ0n) is 8.57. The maximum Gasteiger partial charge on any atom is 0.321 e. The number of hydrogen-bond acceptors (Lipinski definition) is 7. The van der Waals surface area contributed by atoms with Gasteiger partial charge in [-0.15, -0.1) is 21.5 Å². The molecule has 0 aromatic carbocycles. The van der Waals surface area contributed by atoms with Gasteiger partial charge >= 0.3 is 5.97 Å². The van der Waals surface area contributed by atoms with Crippen LogP contribution in [0.1, 0.15) is 0 Å². The van der Waals surface area contributed by atoms with Crippen LogP contribution in [0.3, 0.4) is 0 Å². The molecule has 0 amide bonds. The number of hydrogen-bond donors (Lipinski definition) is 2. The lowest BCUT2D eigenvalue weighted by Crippen LogP contribution is -2.32. The Labute approximate surface area is 105 Å². The van der Waals surface area contributed by atoms with Crippen molar-refractivity contribution in [3.63, 3.8) is 0 Å². The van der Waals surface area contributed by atoms with Gasteiger partial charge in [0.15, 0.2) is 0 Å². The van der Waals surface area contributed by atoms with E-state index in [0.717, 1.165) is 16.6 Å². The molecule has 0 radical (unpaired) electrons. The minimum Gasteiger partial charge on any atom is -0.480 e. The Morgan fingerprint density at radius 1 is 1.65 bits per heavy atom. The smallest absolute Gasteiger partial charge is 0.321 e. The van der Waals surface area contributed by atoms with Crippen molar-refractivity contribution in [1.29, 1.82) is 0 Å². The van der Waals surface area contributed by atoms with Crippen LogP contribution in [0.4, 0.5) is 0 Å². The van der Waals surface area contributed by atoms with E-state index in [9.17, 15) is 4.79 Å². The number of nitrogens with two attached hydrogens (primary N) is 1. The second kappa shape index (κ2) is 5.30. The van der Waals surface area contributed by atoms with Gasteiger partial charge in [0.1, 0.15) is 6.04 Å². The monoisotopic (exact) mass is 271 g/mol. The quantitative estimate of drug-likeness (QED) is 0.790. The van der Waals surface area contributed by atoms with Crippen molar-refractivity contribution >= 4 is 29.1 Å². The topological polar surface area (TPSA) is 102 Å². The van der Waals surface area contributed by atoms with Gasteiger partial charge in [0.2, 0.25) is 0 Å². The van der Waals surface area contributed by atoms with E-state index in [0.29, 0.717) is 11.1 Å². The standard InChI is InChI=1S/C9H9N3O3S2/c10-5(8(13)14)4-17-9-12-11-7(15-9)6-2-1-3-16-6/h1-3,5H,4,10H2,(H,13,14). The first-order valence-electron chi connectivity index (χ1n) is 4.65. The van der Waals surface area contributed by atoms with Crippen LogP contribution in [0.5, 0.6) is 0 Å². The molecule has 8 heteroatoms. The van der Waals surface area contributed by atoms with E-state index < -0.39 is 12.0 Å². The summed E-state index contributed by atoms with van der Waals surface area (Å²) < 4.78 is 5.36. The molecule has 0 aliphatic carbocycles. The number of nitrogens with zero attached hydrogens (tertiary/aromatic N) is 2. The molecule has 0 bridgehead atoms. The maximum absolute atomic E-state index is 10.5. The van der Waals surface area contributed by atoms with Crippen LogP contribution in [0.2, 0.25) is 0 Å². The van der Waals surface area contributed by atoms with Crippen LogP contribution in [0, 0.1) is 0 Å². The van der Waals surface area contributed by atoms with Crippen LogP contribution in [0.25, 0.3) is 10.8 Å². The molecule has 0 saturated carbocycles. The van der Waals surface area contributed by atoms with Crippen molar-refractivity contribution in [3.8, 4) is 10.8 Å². The lowest BCUT2D eigenvalue weighted by atomic mass is 10.4. The summed E-state index contributed by atoms with van der Waals surface area (Å²) in [4.78, 5) is 11.4. The molecule has 0 fully saturated rings. The van der Waals surface area contributed by atoms with Gasteiger partial charge in [-0.05, 0) is 11.4 Å². The van der Waals surface area contributed by atoms with E-state index in [1.165, 1.54) is 11.3 Å². The normalized spacial score (nSPS) is 12.5. The van der Waals surface area contributed by atoms with Crippen molar-refractivity contribution < 1.29 is 14.3 Å². The number of carboxylic acids is 1. The first-order valence-corrected chi connectivity index (χ1v) is 6.52. The molecule has 2 aromatic heterocycles. The van der Waals surface area contributed by atoms with E-state index in [1.54, 1.807) is 0 Å². The minimum atomic E-state index is -1.05. The molecule has 2 rings (SSSR count). The highest BCUT2D eigenvalue weighted by molar-refractivity contribution is 7.99. The summed E-state index contributed by atoms with van der Waals surface area (Å²) in [5, 5.41) is 18.5. The third-order valence-corrected chi connectivity index (χ3v) is 3.64. The summed E-state index contributed by atoms with van der Waals surface area (Å²) in [6, 6.07) is 2.82. The molecule has 2 aromatic rings. The van der Waals surface area contributed by atoms with Gasteiger partial charge in [0.25, 0.3) is 11.1 Å². The fraction of sp³-hybridized carbons (Fsp3) is 0.222. The molecule has 0 spiro atoms. The third-order valence-electron chi connectivity index (χ3n) is 1.84. The summed E-state index contributed by atoms with van der Waals surface area (Å²) >= 11 is 2.63. The SMILES string of the molecule is NC(CSc1nnc(-c2cccs2)o1)C(=O)O. The summed E-state index contributed by atoms with van der Waals surface area (Å²) in [5.74, 6) is -0.414. The molecule has 0 aliphatic rings. The summed E-state index contributed by atoms with van der Waals surface area (Å²) in [5.41, 5.74) is 5.36. The molecule has 1 atom stereocenters. The molecule has 1 unspecified atom stereocenters. The number of aliphatic carboxylic acids is 1. The molecule has 2 heterocycles. The Morgan fingerprint density at radius 2 is 2.47 bits per heavy atom. The number of thiophene rings is 1. The summed E-state index contributed by atoms with van der Waals surface area (Å²) in [6.07, 6.45) is 0. The predicted octanol–water partition coefficient (Wildman–Crippen LogP) is 1.30. The zero-order valence-corrected chi connectivity index (χ0v) is 10.2. The maximum atomic E-state index is 10.5. The fourth-order valence-electron chi connectivity index (χ4n) is 1.00. The second-order valence-corrected chi connectivity index (χ2v) is 5.03. The Morgan fingerprint density at radius 3 is 3.12 bits per heavy atom. The molecular formula is C9H9N3O3S2. The van der Waals surface area contributed by atoms with Crippen LogP contribution in [-0.4, -0.2) is 33.1 Å². The minimum absolute atomic E-state index is 0.196. The van der Waals surface area contributed by atoms with Crippen LogP contribution in [0.15, 0.2) is 27.2 Å². The molecule has 0 aliphatic heterocycles. The van der Waals surface area contributed by atoms with Crippen molar-refractivity contribution in [2.24, 2.45) is 5.73 Å². The van der Waals surface area contributed by atoms with E-state index in [2.05, 4.69) is 10.2 Å². The van der Waals surface area contributed by atoms with Gasteiger partial charge in [-0.3, -0.25) is 4.79 Å². The van der Waals surface area contributed by atoms with E-state index in [-0.39, 0.29) is 5.75 Å². The zero-order chi connectivity index (χ0) is 12.3. The van der Waals surface area contributed by atoms with Crippen LogP contribution >= 0.6 is 23.1 Å². The lowest BCUT2D eigenvalue weighted by Gasteiger charge is -2.01. The third kappa shape index (κ3) is 3.05. The molecule has 3 N–H and O–H groups in total. The molecule has 90 valence electrons. The number of aromatic nitrogens is 2. The van der Waals surface area contributed by atoms with E-state index in [1.807, 2.05) is 17.5 Å². The van der Waals surface area contributed by atoms with E-state index >= 15 is 0 Å². The first kappa shape index (κ1) is 12.1. The number of carboxylic acid groups (broad SMARTS) is 1. The Hall–Kier alpha value is -1.38. The first-order chi connectivity index (χ1) is 8.16. The van der Waals surface area contributed by atoms with Crippen molar-refractivity contribution in [2.45, 2.75) is 11.3 Å². The van der Waals surface area contributed by atoms with Crippen molar-refractivity contribution in [1.82, 2.24) is 10.2 Å². The highest BCUT2D eigenvalue weighted by Gasteiger charge is 2.15. The predicted molar refractivity (Wildman–Crippen MR) is 63.9 cm³/mol. The fourth-order valence-corrected chi connectivity index (χ4v) is 2.35.